The molecule has 0 aliphatic heterocycles. The van der Waals surface area contributed by atoms with E-state index >= 15 is 0 Å². The molecule has 0 radical (unpaired) electrons. The van der Waals surface area contributed by atoms with Gasteiger partial charge in [-0.25, -0.2) is 4.98 Å². The molecular weight excluding hydrogens is 216 g/mol. The van der Waals surface area contributed by atoms with Crippen LogP contribution in [0, 0.1) is 0 Å². The number of thiazole rings is 1. The van der Waals surface area contributed by atoms with E-state index in [9.17, 15) is 4.79 Å². The lowest BCUT2D eigenvalue weighted by atomic mass is 10.4. The molecule has 0 saturated heterocycles. The van der Waals surface area contributed by atoms with Gasteiger partial charge in [0.05, 0.1) is 10.9 Å². The van der Waals surface area contributed by atoms with Crippen molar-refractivity contribution < 1.29 is 4.79 Å². The number of rotatable bonds is 2. The molecule has 14 heavy (non-hydrogen) atoms. The summed E-state index contributed by atoms with van der Waals surface area (Å²) in [6, 6.07) is 0. The van der Waals surface area contributed by atoms with Gasteiger partial charge in [0, 0.05) is 4.88 Å². The molecule has 1 aliphatic carbocycles. The second-order valence-electron chi connectivity index (χ2n) is 3.41. The predicted octanol–water partition coefficient (Wildman–Crippen LogP) is 1.89. The summed E-state index contributed by atoms with van der Waals surface area (Å²) >= 11 is 5.65. The third kappa shape index (κ3) is 1.93. The molecule has 0 spiro atoms. The Bertz CT molecular complexity index is 338. The van der Waals surface area contributed by atoms with E-state index < -0.39 is 0 Å². The Hall–Kier alpha value is -0.550. The van der Waals surface area contributed by atoms with Crippen molar-refractivity contribution in [1.29, 1.82) is 0 Å². The number of hydrogen-bond donors (Lipinski definition) is 2. The van der Waals surface area contributed by atoms with Crippen molar-refractivity contribution in [3.63, 3.8) is 0 Å². The number of amides is 1. The molecule has 76 valence electrons. The number of anilines is 1. The number of carbonyl (C=O) groups is 1. The van der Waals surface area contributed by atoms with Crippen molar-refractivity contribution in [2.45, 2.75) is 31.4 Å². The topological polar surface area (TPSA) is 42.0 Å². The van der Waals surface area contributed by atoms with Crippen LogP contribution in [0.5, 0.6) is 0 Å². The number of carbonyl (C=O) groups excluding carboxylic acids is 1. The van der Waals surface area contributed by atoms with E-state index in [0.29, 0.717) is 0 Å². The van der Waals surface area contributed by atoms with Gasteiger partial charge in [-0.2, -0.15) is 12.6 Å². The van der Waals surface area contributed by atoms with Crippen LogP contribution in [0.3, 0.4) is 0 Å². The smallest absolute Gasteiger partial charge is 0.238 e. The Morgan fingerprint density at radius 1 is 1.64 bits per heavy atom. The van der Waals surface area contributed by atoms with Gasteiger partial charge in [-0.3, -0.25) is 4.79 Å². The summed E-state index contributed by atoms with van der Waals surface area (Å²) < 4.78 is 0. The summed E-state index contributed by atoms with van der Waals surface area (Å²) in [6.45, 7) is 1.75. The fourth-order valence-electron chi connectivity index (χ4n) is 1.45. The Kier molecular flexibility index (Phi) is 2.78. The lowest BCUT2D eigenvalue weighted by Crippen LogP contribution is -2.20. The maximum Gasteiger partial charge on any atom is 0.238 e. The minimum atomic E-state index is -0.284. The first-order valence-electron chi connectivity index (χ1n) is 4.64. The van der Waals surface area contributed by atoms with Gasteiger partial charge in [0.1, 0.15) is 0 Å². The third-order valence-electron chi connectivity index (χ3n) is 2.21. The maximum absolute atomic E-state index is 11.3. The molecule has 1 amide bonds. The number of aryl methyl sites for hydroxylation is 2. The standard InChI is InChI=1S/C9H12N2OS2/c1-5(13)8(12)11-9-10-6-3-2-4-7(6)14-9/h5,13H,2-4H2,1H3,(H,10,11,12). The molecule has 1 heterocycles. The summed E-state index contributed by atoms with van der Waals surface area (Å²) in [4.78, 5) is 17.0. The molecule has 1 aliphatic rings. The van der Waals surface area contributed by atoms with Crippen LogP contribution in [-0.4, -0.2) is 16.1 Å². The molecule has 1 atom stereocenters. The van der Waals surface area contributed by atoms with Crippen LogP contribution in [0.4, 0.5) is 5.13 Å². The number of nitrogens with zero attached hydrogens (tertiary/aromatic N) is 1. The van der Waals surface area contributed by atoms with Gasteiger partial charge in [-0.15, -0.1) is 11.3 Å². The van der Waals surface area contributed by atoms with Crippen LogP contribution in [0.25, 0.3) is 0 Å². The zero-order valence-corrected chi connectivity index (χ0v) is 9.62. The monoisotopic (exact) mass is 228 g/mol. The molecule has 3 nitrogen and oxygen atoms in total. The number of fused-ring (bicyclic) bond motifs is 1. The van der Waals surface area contributed by atoms with Crippen LogP contribution >= 0.6 is 24.0 Å². The lowest BCUT2D eigenvalue weighted by Gasteiger charge is -2.02. The lowest BCUT2D eigenvalue weighted by molar-refractivity contribution is -0.115. The van der Waals surface area contributed by atoms with Crippen LogP contribution in [0.2, 0.25) is 0 Å². The maximum atomic E-state index is 11.3. The zero-order chi connectivity index (χ0) is 10.1. The molecule has 0 aromatic carbocycles. The minimum Gasteiger partial charge on any atom is -0.301 e. The zero-order valence-electron chi connectivity index (χ0n) is 7.91. The summed E-state index contributed by atoms with van der Waals surface area (Å²) in [7, 11) is 0. The van der Waals surface area contributed by atoms with Crippen molar-refractivity contribution >= 4 is 35.0 Å². The van der Waals surface area contributed by atoms with Crippen molar-refractivity contribution in [1.82, 2.24) is 4.98 Å². The molecule has 1 unspecified atom stereocenters. The van der Waals surface area contributed by atoms with Crippen LogP contribution < -0.4 is 5.32 Å². The van der Waals surface area contributed by atoms with Gasteiger partial charge >= 0.3 is 0 Å². The van der Waals surface area contributed by atoms with E-state index in [2.05, 4.69) is 22.9 Å². The quantitative estimate of drug-likeness (QED) is 0.759. The summed E-state index contributed by atoms with van der Waals surface area (Å²) in [5.41, 5.74) is 1.16. The second kappa shape index (κ2) is 3.90. The van der Waals surface area contributed by atoms with Gasteiger partial charge in [-0.1, -0.05) is 0 Å². The van der Waals surface area contributed by atoms with E-state index in [0.717, 1.165) is 23.7 Å². The largest absolute Gasteiger partial charge is 0.301 e. The summed E-state index contributed by atoms with van der Waals surface area (Å²) in [5.74, 6) is -0.0826. The fourth-order valence-corrected chi connectivity index (χ4v) is 2.57. The van der Waals surface area contributed by atoms with Crippen LogP contribution in [0.15, 0.2) is 0 Å². The van der Waals surface area contributed by atoms with Gasteiger partial charge < -0.3 is 5.32 Å². The molecule has 1 aromatic heterocycles. The van der Waals surface area contributed by atoms with Gasteiger partial charge in [0.25, 0.3) is 0 Å². The fraction of sp³-hybridized carbons (Fsp3) is 0.556. The normalized spacial score (nSPS) is 16.4. The van der Waals surface area contributed by atoms with Gasteiger partial charge in [0.2, 0.25) is 5.91 Å². The van der Waals surface area contributed by atoms with Gasteiger partial charge in [0.15, 0.2) is 5.13 Å². The van der Waals surface area contributed by atoms with E-state index in [-0.39, 0.29) is 11.2 Å². The SMILES string of the molecule is CC(S)C(=O)Nc1nc2c(s1)CCC2. The molecule has 5 heteroatoms. The average molecular weight is 228 g/mol. The molecular formula is C9H12N2OS2. The Balaban J connectivity index is 2.07. The number of nitrogens with one attached hydrogen (secondary N) is 1. The van der Waals surface area contributed by atoms with E-state index in [1.54, 1.807) is 18.3 Å². The third-order valence-corrected chi connectivity index (χ3v) is 3.51. The van der Waals surface area contributed by atoms with Crippen LogP contribution in [-0.2, 0) is 17.6 Å². The van der Waals surface area contributed by atoms with Crippen LogP contribution in [0.1, 0.15) is 23.9 Å². The van der Waals surface area contributed by atoms with Gasteiger partial charge in [-0.05, 0) is 26.2 Å². The first-order valence-corrected chi connectivity index (χ1v) is 5.97. The Morgan fingerprint density at radius 3 is 3.07 bits per heavy atom. The Morgan fingerprint density at radius 2 is 2.43 bits per heavy atom. The molecule has 1 aromatic rings. The van der Waals surface area contributed by atoms with E-state index in [1.165, 1.54) is 11.3 Å². The van der Waals surface area contributed by atoms with E-state index in [4.69, 9.17) is 0 Å². The van der Waals surface area contributed by atoms with Crippen molar-refractivity contribution in [2.24, 2.45) is 0 Å². The highest BCUT2D eigenvalue weighted by Gasteiger charge is 2.18. The van der Waals surface area contributed by atoms with Crippen molar-refractivity contribution in [2.75, 3.05) is 5.32 Å². The molecule has 0 saturated carbocycles. The average Bonchev–Trinajstić information content (AvgIpc) is 2.63. The number of thiol groups is 1. The molecule has 0 fully saturated rings. The second-order valence-corrected chi connectivity index (χ2v) is 5.27. The molecule has 0 bridgehead atoms. The highest BCUT2D eigenvalue weighted by Crippen LogP contribution is 2.30. The highest BCUT2D eigenvalue weighted by atomic mass is 32.1. The van der Waals surface area contributed by atoms with Crippen molar-refractivity contribution in [3.05, 3.63) is 10.6 Å². The summed E-state index contributed by atoms with van der Waals surface area (Å²) in [6.07, 6.45) is 3.36. The highest BCUT2D eigenvalue weighted by molar-refractivity contribution is 7.81. The first-order chi connectivity index (χ1) is 6.66. The number of aromatic nitrogens is 1. The van der Waals surface area contributed by atoms with E-state index in [1.807, 2.05) is 0 Å². The first kappa shape index (κ1) is 9.98. The summed E-state index contributed by atoms with van der Waals surface area (Å²) in [5, 5.41) is 3.20. The molecule has 1 N–H and O–H groups in total. The predicted molar refractivity (Wildman–Crippen MR) is 61.2 cm³/mol. The minimum absolute atomic E-state index is 0.0826. The number of hydrogen-bond acceptors (Lipinski definition) is 4. The molecule has 2 rings (SSSR count). The van der Waals surface area contributed by atoms with Crippen molar-refractivity contribution in [3.8, 4) is 0 Å². The Labute approximate surface area is 92.3 Å².